The summed E-state index contributed by atoms with van der Waals surface area (Å²) in [6, 6.07) is 24.9. The Bertz CT molecular complexity index is 1280. The molecule has 0 aliphatic carbocycles. The molecule has 0 saturated heterocycles. The highest BCUT2D eigenvalue weighted by Crippen LogP contribution is 2.19. The summed E-state index contributed by atoms with van der Waals surface area (Å²) < 4.78 is 6.07. The molecule has 1 aliphatic heterocycles. The molecule has 42 heavy (non-hydrogen) atoms. The van der Waals surface area contributed by atoms with Gasteiger partial charge in [0.1, 0.15) is 24.4 Å². The van der Waals surface area contributed by atoms with Crippen LogP contribution in [0.5, 0.6) is 5.75 Å². The normalized spacial score (nSPS) is 21.0. The Morgan fingerprint density at radius 2 is 1.26 bits per heavy atom. The van der Waals surface area contributed by atoms with Crippen molar-refractivity contribution in [3.63, 3.8) is 0 Å². The Hall–Kier alpha value is -4.17. The van der Waals surface area contributed by atoms with Crippen LogP contribution in [0.1, 0.15) is 42.9 Å². The van der Waals surface area contributed by atoms with Crippen molar-refractivity contribution in [2.45, 2.75) is 63.6 Å². The second-order valence-corrected chi connectivity index (χ2v) is 10.6. The number of hydrogen-bond donors (Lipinski definition) is 4. The lowest BCUT2D eigenvalue weighted by molar-refractivity contribution is -0.132. The van der Waals surface area contributed by atoms with Crippen LogP contribution in [0.25, 0.3) is 0 Å². The summed E-state index contributed by atoms with van der Waals surface area (Å²) in [5, 5.41) is 12.3. The lowest BCUT2D eigenvalue weighted by Gasteiger charge is -2.26. The average molecular weight is 571 g/mol. The molecule has 8 nitrogen and oxygen atoms in total. The first-order chi connectivity index (χ1) is 20.5. The zero-order valence-corrected chi connectivity index (χ0v) is 24.3. The number of carbonyl (C=O) groups excluding carboxylic acids is 3. The van der Waals surface area contributed by atoms with Gasteiger partial charge in [0.05, 0.1) is 6.04 Å². The van der Waals surface area contributed by atoms with Gasteiger partial charge in [-0.1, -0.05) is 92.2 Å². The number of nitrogens with one attached hydrogen (secondary N) is 4. The molecule has 8 heteroatoms. The van der Waals surface area contributed by atoms with Gasteiger partial charge in [0.25, 0.3) is 0 Å². The quantitative estimate of drug-likeness (QED) is 0.364. The highest BCUT2D eigenvalue weighted by molar-refractivity contribution is 5.93. The standard InChI is InChI=1S/C34H42N4O4/c1-2-12-28-33(40)38-30(24-26-15-7-4-8-16-26)34(41)37-29(23-25-13-5-3-6-14-25)32(39)36-20-11-18-27-17-9-10-19-31(27)42-22-21-35-28/h3-10,13-17,19,28-30,35H,2,11-12,18,20-24H2,1H3,(H,36,39)(H,37,41)(H,38,40)/t28-,29+,30-/m0/s1. The molecule has 4 N–H and O–H groups in total. The molecular formula is C34H42N4O4. The molecule has 1 heterocycles. The lowest BCUT2D eigenvalue weighted by atomic mass is 10.0. The van der Waals surface area contributed by atoms with Gasteiger partial charge in [0.15, 0.2) is 0 Å². The molecule has 0 bridgehead atoms. The Balaban J connectivity index is 1.59. The first-order valence-electron chi connectivity index (χ1n) is 14.9. The Labute approximate surface area is 248 Å². The summed E-state index contributed by atoms with van der Waals surface area (Å²) in [5.74, 6) is -0.0936. The van der Waals surface area contributed by atoms with Crippen LogP contribution in [0.2, 0.25) is 0 Å². The number of aryl methyl sites for hydroxylation is 1. The summed E-state index contributed by atoms with van der Waals surface area (Å²) in [5.41, 5.74) is 2.91. The first-order valence-corrected chi connectivity index (χ1v) is 14.9. The fourth-order valence-corrected chi connectivity index (χ4v) is 5.14. The molecule has 0 spiro atoms. The van der Waals surface area contributed by atoms with Crippen molar-refractivity contribution in [1.82, 2.24) is 21.3 Å². The summed E-state index contributed by atoms with van der Waals surface area (Å²) in [7, 11) is 0. The van der Waals surface area contributed by atoms with Crippen LogP contribution in [-0.4, -0.2) is 55.5 Å². The smallest absolute Gasteiger partial charge is 0.243 e. The van der Waals surface area contributed by atoms with Crippen molar-refractivity contribution in [3.05, 3.63) is 102 Å². The molecule has 3 aromatic carbocycles. The van der Waals surface area contributed by atoms with Gasteiger partial charge in [0.2, 0.25) is 17.7 Å². The molecule has 0 unspecified atom stereocenters. The highest BCUT2D eigenvalue weighted by Gasteiger charge is 2.29. The predicted octanol–water partition coefficient (Wildman–Crippen LogP) is 3.34. The van der Waals surface area contributed by atoms with Crippen LogP contribution >= 0.6 is 0 Å². The molecule has 0 saturated carbocycles. The molecule has 0 radical (unpaired) electrons. The number of fused-ring (bicyclic) bond motifs is 1. The van der Waals surface area contributed by atoms with Crippen molar-refractivity contribution in [2.24, 2.45) is 0 Å². The van der Waals surface area contributed by atoms with Crippen molar-refractivity contribution >= 4 is 17.7 Å². The maximum atomic E-state index is 13.8. The minimum Gasteiger partial charge on any atom is -0.492 e. The number of para-hydroxylation sites is 1. The second-order valence-electron chi connectivity index (χ2n) is 10.6. The monoisotopic (exact) mass is 570 g/mol. The summed E-state index contributed by atoms with van der Waals surface area (Å²) in [6.45, 7) is 3.36. The number of ether oxygens (including phenoxy) is 1. The van der Waals surface area contributed by atoms with E-state index in [1.54, 1.807) is 0 Å². The van der Waals surface area contributed by atoms with Gasteiger partial charge >= 0.3 is 0 Å². The van der Waals surface area contributed by atoms with E-state index in [1.807, 2.05) is 91.9 Å². The largest absolute Gasteiger partial charge is 0.492 e. The minimum atomic E-state index is -0.853. The fraction of sp³-hybridized carbons (Fsp3) is 0.382. The van der Waals surface area contributed by atoms with E-state index in [4.69, 9.17) is 4.74 Å². The maximum absolute atomic E-state index is 13.8. The van der Waals surface area contributed by atoms with E-state index in [0.29, 0.717) is 39.0 Å². The lowest BCUT2D eigenvalue weighted by Crippen LogP contribution is -2.57. The highest BCUT2D eigenvalue weighted by atomic mass is 16.5. The zero-order chi connectivity index (χ0) is 29.6. The van der Waals surface area contributed by atoms with Gasteiger partial charge in [-0.15, -0.1) is 0 Å². The number of amides is 3. The van der Waals surface area contributed by atoms with Crippen molar-refractivity contribution < 1.29 is 19.1 Å². The predicted molar refractivity (Wildman–Crippen MR) is 164 cm³/mol. The van der Waals surface area contributed by atoms with Gasteiger partial charge in [-0.2, -0.15) is 0 Å². The van der Waals surface area contributed by atoms with Crippen molar-refractivity contribution in [1.29, 1.82) is 0 Å². The molecule has 0 fully saturated rings. The molecule has 1 aliphatic rings. The SMILES string of the molecule is CCC[C@@H]1NCCOc2ccccc2CCCNC(=O)[C@@H](Cc2ccccc2)NC(=O)[C@H](Cc2ccccc2)NC1=O. The van der Waals surface area contributed by atoms with E-state index in [0.717, 1.165) is 41.7 Å². The Morgan fingerprint density at radius 1 is 0.690 bits per heavy atom. The zero-order valence-electron chi connectivity index (χ0n) is 24.3. The van der Waals surface area contributed by atoms with Crippen LogP contribution in [0.15, 0.2) is 84.9 Å². The van der Waals surface area contributed by atoms with Crippen molar-refractivity contribution in [2.75, 3.05) is 19.7 Å². The van der Waals surface area contributed by atoms with E-state index in [2.05, 4.69) is 21.3 Å². The third kappa shape index (κ3) is 9.45. The maximum Gasteiger partial charge on any atom is 0.243 e. The van der Waals surface area contributed by atoms with Gasteiger partial charge in [-0.05, 0) is 42.0 Å². The van der Waals surface area contributed by atoms with Crippen LogP contribution < -0.4 is 26.0 Å². The van der Waals surface area contributed by atoms with Crippen molar-refractivity contribution in [3.8, 4) is 5.75 Å². The van der Waals surface area contributed by atoms with E-state index >= 15 is 0 Å². The van der Waals surface area contributed by atoms with Crippen LogP contribution in [-0.2, 0) is 33.6 Å². The second kappa shape index (κ2) is 16.3. The van der Waals surface area contributed by atoms with E-state index < -0.39 is 24.0 Å². The average Bonchev–Trinajstić information content (AvgIpc) is 3.01. The number of carbonyl (C=O) groups is 3. The topological polar surface area (TPSA) is 109 Å². The number of hydrogen-bond acceptors (Lipinski definition) is 5. The summed E-state index contributed by atoms with van der Waals surface area (Å²) in [6.07, 6.45) is 3.50. The van der Waals surface area contributed by atoms with Gasteiger partial charge < -0.3 is 26.0 Å². The number of rotatable bonds is 6. The summed E-state index contributed by atoms with van der Waals surface area (Å²) >= 11 is 0. The van der Waals surface area contributed by atoms with Gasteiger partial charge in [-0.3, -0.25) is 14.4 Å². The molecule has 222 valence electrons. The fourth-order valence-electron chi connectivity index (χ4n) is 5.14. The van der Waals surface area contributed by atoms with Gasteiger partial charge in [-0.25, -0.2) is 0 Å². The minimum absolute atomic E-state index is 0.251. The van der Waals surface area contributed by atoms with Crippen LogP contribution in [0, 0.1) is 0 Å². The van der Waals surface area contributed by atoms with Crippen LogP contribution in [0.4, 0.5) is 0 Å². The van der Waals surface area contributed by atoms with E-state index in [1.165, 1.54) is 0 Å². The number of benzene rings is 3. The molecule has 3 atom stereocenters. The third-order valence-corrected chi connectivity index (χ3v) is 7.37. The molecular weight excluding hydrogens is 528 g/mol. The van der Waals surface area contributed by atoms with Crippen LogP contribution in [0.3, 0.4) is 0 Å². The molecule has 3 amide bonds. The molecule has 3 aromatic rings. The summed E-state index contributed by atoms with van der Waals surface area (Å²) in [4.78, 5) is 40.7. The Kier molecular flexibility index (Phi) is 12.0. The third-order valence-electron chi connectivity index (χ3n) is 7.37. The van der Waals surface area contributed by atoms with E-state index in [9.17, 15) is 14.4 Å². The molecule has 4 rings (SSSR count). The van der Waals surface area contributed by atoms with Gasteiger partial charge in [0, 0.05) is 25.9 Å². The van der Waals surface area contributed by atoms with E-state index in [-0.39, 0.29) is 11.8 Å². The Morgan fingerprint density at radius 3 is 1.90 bits per heavy atom. The molecule has 0 aromatic heterocycles. The first kappa shape index (κ1) is 30.8.